The molecule has 1 aliphatic carbocycles. The number of ether oxygens (including phenoxy) is 1. The van der Waals surface area contributed by atoms with Gasteiger partial charge in [-0.25, -0.2) is 0 Å². The third kappa shape index (κ3) is 4.95. The van der Waals surface area contributed by atoms with Gasteiger partial charge in [0.2, 0.25) is 5.91 Å². The molecule has 0 aromatic heterocycles. The van der Waals surface area contributed by atoms with Gasteiger partial charge in [-0.05, 0) is 38.1 Å². The van der Waals surface area contributed by atoms with Gasteiger partial charge in [0.1, 0.15) is 6.04 Å². The SMILES string of the molecule is CC1CCCCC1OCCNC(=O)CN1CCC[C@H]1C(=O)O. The van der Waals surface area contributed by atoms with Crippen LogP contribution in [0.1, 0.15) is 45.4 Å². The van der Waals surface area contributed by atoms with Gasteiger partial charge >= 0.3 is 5.97 Å². The molecule has 1 saturated heterocycles. The van der Waals surface area contributed by atoms with E-state index >= 15 is 0 Å². The molecule has 0 bridgehead atoms. The van der Waals surface area contributed by atoms with Crippen LogP contribution in [0.5, 0.6) is 0 Å². The van der Waals surface area contributed by atoms with Gasteiger partial charge in [-0.3, -0.25) is 14.5 Å². The molecule has 3 atom stereocenters. The largest absolute Gasteiger partial charge is 0.480 e. The molecule has 2 unspecified atom stereocenters. The highest BCUT2D eigenvalue weighted by Gasteiger charge is 2.31. The van der Waals surface area contributed by atoms with E-state index in [2.05, 4.69) is 12.2 Å². The van der Waals surface area contributed by atoms with Crippen LogP contribution < -0.4 is 5.32 Å². The molecule has 1 aliphatic heterocycles. The Bertz CT molecular complexity index is 388. The Morgan fingerprint density at radius 3 is 2.73 bits per heavy atom. The summed E-state index contributed by atoms with van der Waals surface area (Å²) in [7, 11) is 0. The first-order valence-electron chi connectivity index (χ1n) is 8.43. The van der Waals surface area contributed by atoms with Crippen LogP contribution in [0.2, 0.25) is 0 Å². The predicted molar refractivity (Wildman–Crippen MR) is 82.6 cm³/mol. The number of nitrogens with zero attached hydrogens (tertiary/aromatic N) is 1. The van der Waals surface area contributed by atoms with Crippen LogP contribution in [-0.2, 0) is 14.3 Å². The Balaban J connectivity index is 1.60. The van der Waals surface area contributed by atoms with Crippen LogP contribution in [-0.4, -0.2) is 60.3 Å². The molecule has 2 N–H and O–H groups in total. The first-order valence-corrected chi connectivity index (χ1v) is 8.43. The molecule has 2 rings (SSSR count). The van der Waals surface area contributed by atoms with Gasteiger partial charge in [-0.2, -0.15) is 0 Å². The number of amides is 1. The van der Waals surface area contributed by atoms with Crippen molar-refractivity contribution in [2.24, 2.45) is 5.92 Å². The normalized spacial score (nSPS) is 29.4. The number of hydrogen-bond acceptors (Lipinski definition) is 4. The third-order valence-corrected chi connectivity index (χ3v) is 4.78. The molecule has 126 valence electrons. The fraction of sp³-hybridized carbons (Fsp3) is 0.875. The number of carbonyl (C=O) groups is 2. The maximum atomic E-state index is 11.9. The summed E-state index contributed by atoms with van der Waals surface area (Å²) in [6, 6.07) is -0.509. The molecule has 2 fully saturated rings. The van der Waals surface area contributed by atoms with E-state index in [1.54, 1.807) is 4.90 Å². The summed E-state index contributed by atoms with van der Waals surface area (Å²) in [6.07, 6.45) is 6.65. The minimum Gasteiger partial charge on any atom is -0.480 e. The zero-order valence-corrected chi connectivity index (χ0v) is 13.4. The quantitative estimate of drug-likeness (QED) is 0.692. The number of rotatable bonds is 7. The topological polar surface area (TPSA) is 78.9 Å². The Kier molecular flexibility index (Phi) is 6.64. The lowest BCUT2D eigenvalue weighted by atomic mass is 9.88. The molecule has 6 heteroatoms. The minimum absolute atomic E-state index is 0.117. The van der Waals surface area contributed by atoms with E-state index < -0.39 is 12.0 Å². The smallest absolute Gasteiger partial charge is 0.320 e. The van der Waals surface area contributed by atoms with E-state index in [0.717, 1.165) is 12.8 Å². The van der Waals surface area contributed by atoms with Crippen molar-refractivity contribution in [2.75, 3.05) is 26.2 Å². The molecule has 2 aliphatic rings. The molecular weight excluding hydrogens is 284 g/mol. The Hall–Kier alpha value is -1.14. The Morgan fingerprint density at radius 2 is 2.00 bits per heavy atom. The van der Waals surface area contributed by atoms with E-state index in [1.807, 2.05) is 0 Å². The summed E-state index contributed by atoms with van der Waals surface area (Å²) < 4.78 is 5.85. The second-order valence-electron chi connectivity index (χ2n) is 6.49. The van der Waals surface area contributed by atoms with Gasteiger partial charge in [-0.1, -0.05) is 19.8 Å². The van der Waals surface area contributed by atoms with E-state index in [-0.39, 0.29) is 12.5 Å². The van der Waals surface area contributed by atoms with Crippen molar-refractivity contribution in [2.45, 2.75) is 57.6 Å². The molecular formula is C16H28N2O4. The van der Waals surface area contributed by atoms with E-state index in [1.165, 1.54) is 19.3 Å². The summed E-state index contributed by atoms with van der Waals surface area (Å²) in [4.78, 5) is 24.7. The van der Waals surface area contributed by atoms with Gasteiger partial charge < -0.3 is 15.2 Å². The third-order valence-electron chi connectivity index (χ3n) is 4.78. The summed E-state index contributed by atoms with van der Waals surface area (Å²) in [5, 5.41) is 11.9. The fourth-order valence-electron chi connectivity index (χ4n) is 3.47. The number of aliphatic carboxylic acids is 1. The molecule has 1 amide bonds. The van der Waals surface area contributed by atoms with Crippen LogP contribution in [0, 0.1) is 5.92 Å². The van der Waals surface area contributed by atoms with Crippen LogP contribution in [0.15, 0.2) is 0 Å². The maximum absolute atomic E-state index is 11.9. The minimum atomic E-state index is -0.833. The summed E-state index contributed by atoms with van der Waals surface area (Å²) in [6.45, 7) is 4.09. The standard InChI is InChI=1S/C16H28N2O4/c1-12-5-2-3-7-14(12)22-10-8-17-15(19)11-18-9-4-6-13(18)16(20)21/h12-14H,2-11H2,1H3,(H,17,19)(H,20,21)/t12?,13-,14?/m0/s1. The van der Waals surface area contributed by atoms with Crippen molar-refractivity contribution >= 4 is 11.9 Å². The number of nitrogens with one attached hydrogen (secondary N) is 1. The maximum Gasteiger partial charge on any atom is 0.320 e. The van der Waals surface area contributed by atoms with Crippen molar-refractivity contribution in [3.63, 3.8) is 0 Å². The Labute approximate surface area is 132 Å². The van der Waals surface area contributed by atoms with Gasteiger partial charge in [0, 0.05) is 6.54 Å². The lowest BCUT2D eigenvalue weighted by Crippen LogP contribution is -2.43. The predicted octanol–water partition coefficient (Wildman–Crippen LogP) is 1.25. The molecule has 0 aromatic rings. The van der Waals surface area contributed by atoms with Crippen LogP contribution in [0.3, 0.4) is 0 Å². The summed E-state index contributed by atoms with van der Waals surface area (Å²) in [5.74, 6) is -0.348. The zero-order valence-electron chi connectivity index (χ0n) is 13.4. The van der Waals surface area contributed by atoms with E-state index in [4.69, 9.17) is 9.84 Å². The summed E-state index contributed by atoms with van der Waals surface area (Å²) in [5.41, 5.74) is 0. The first kappa shape index (κ1) is 17.2. The van der Waals surface area contributed by atoms with Crippen molar-refractivity contribution in [3.05, 3.63) is 0 Å². The molecule has 1 saturated carbocycles. The van der Waals surface area contributed by atoms with Crippen LogP contribution in [0.4, 0.5) is 0 Å². The highest BCUT2D eigenvalue weighted by atomic mass is 16.5. The van der Waals surface area contributed by atoms with Crippen molar-refractivity contribution in [3.8, 4) is 0 Å². The lowest BCUT2D eigenvalue weighted by molar-refractivity contribution is -0.142. The van der Waals surface area contributed by atoms with Crippen molar-refractivity contribution < 1.29 is 19.4 Å². The van der Waals surface area contributed by atoms with Crippen LogP contribution in [0.25, 0.3) is 0 Å². The molecule has 0 radical (unpaired) electrons. The van der Waals surface area contributed by atoms with Gasteiger partial charge in [0.25, 0.3) is 0 Å². The number of likely N-dealkylation sites (tertiary alicyclic amines) is 1. The highest BCUT2D eigenvalue weighted by molar-refractivity contribution is 5.80. The van der Waals surface area contributed by atoms with Gasteiger partial charge in [0.05, 0.1) is 19.3 Å². The number of hydrogen-bond donors (Lipinski definition) is 2. The second-order valence-corrected chi connectivity index (χ2v) is 6.49. The van der Waals surface area contributed by atoms with E-state index in [9.17, 15) is 9.59 Å². The van der Waals surface area contributed by atoms with Crippen molar-refractivity contribution in [1.82, 2.24) is 10.2 Å². The number of carboxylic acid groups (broad SMARTS) is 1. The molecule has 22 heavy (non-hydrogen) atoms. The molecule has 6 nitrogen and oxygen atoms in total. The van der Waals surface area contributed by atoms with Gasteiger partial charge in [-0.15, -0.1) is 0 Å². The average Bonchev–Trinajstić information content (AvgIpc) is 2.93. The van der Waals surface area contributed by atoms with Crippen molar-refractivity contribution in [1.29, 1.82) is 0 Å². The molecule has 0 spiro atoms. The molecule has 0 aromatic carbocycles. The average molecular weight is 312 g/mol. The first-order chi connectivity index (χ1) is 10.6. The summed E-state index contributed by atoms with van der Waals surface area (Å²) >= 11 is 0. The molecule has 1 heterocycles. The van der Waals surface area contributed by atoms with E-state index in [0.29, 0.717) is 38.1 Å². The van der Waals surface area contributed by atoms with Crippen LogP contribution >= 0.6 is 0 Å². The lowest BCUT2D eigenvalue weighted by Gasteiger charge is -2.28. The highest BCUT2D eigenvalue weighted by Crippen LogP contribution is 2.25. The zero-order chi connectivity index (χ0) is 15.9. The Morgan fingerprint density at radius 1 is 1.23 bits per heavy atom. The second kappa shape index (κ2) is 8.48. The number of carboxylic acids is 1. The van der Waals surface area contributed by atoms with Gasteiger partial charge in [0.15, 0.2) is 0 Å². The monoisotopic (exact) mass is 312 g/mol. The fourth-order valence-corrected chi connectivity index (χ4v) is 3.47. The number of carbonyl (C=O) groups excluding carboxylic acids is 1.